The molecule has 4 amide bonds. The van der Waals surface area contributed by atoms with Crippen LogP contribution < -0.4 is 10.6 Å². The molecule has 1 aromatic heterocycles. The number of halogens is 4. The molecule has 1 saturated heterocycles. The number of rotatable bonds is 11. The molecule has 1 aromatic carbocycles. The van der Waals surface area contributed by atoms with E-state index in [0.29, 0.717) is 11.1 Å². The van der Waals surface area contributed by atoms with Gasteiger partial charge in [0.15, 0.2) is 0 Å². The first-order chi connectivity index (χ1) is 18.7. The van der Waals surface area contributed by atoms with Crippen LogP contribution in [0.2, 0.25) is 0 Å². The summed E-state index contributed by atoms with van der Waals surface area (Å²) in [6.45, 7) is 0.238. The molecule has 0 saturated carbocycles. The zero-order valence-electron chi connectivity index (χ0n) is 21.9. The summed E-state index contributed by atoms with van der Waals surface area (Å²) in [5, 5.41) is 5.05. The molecule has 0 aliphatic carbocycles. The summed E-state index contributed by atoms with van der Waals surface area (Å²) in [4.78, 5) is 44.4. The molecule has 2 N–H and O–H groups in total. The second-order valence-electron chi connectivity index (χ2n) is 9.54. The van der Waals surface area contributed by atoms with Gasteiger partial charge in [0.05, 0.1) is 37.9 Å². The van der Waals surface area contributed by atoms with Crippen LogP contribution in [0, 0.1) is 5.95 Å². The Bertz CT molecular complexity index is 1130. The molecule has 3 rings (SSSR count). The first-order valence-electron chi connectivity index (χ1n) is 12.8. The van der Waals surface area contributed by atoms with Crippen molar-refractivity contribution in [3.8, 4) is 0 Å². The zero-order valence-corrected chi connectivity index (χ0v) is 21.9. The molecule has 1 fully saturated rings. The highest BCUT2D eigenvalue weighted by Gasteiger charge is 2.40. The third kappa shape index (κ3) is 7.67. The Labute approximate surface area is 224 Å². The van der Waals surface area contributed by atoms with Gasteiger partial charge in [-0.05, 0) is 17.5 Å². The second-order valence-corrected chi connectivity index (χ2v) is 9.54. The Balaban J connectivity index is 1.77. The van der Waals surface area contributed by atoms with Gasteiger partial charge >= 0.3 is 6.03 Å². The molecular weight excluding hydrogens is 518 g/mol. The molecule has 0 bridgehead atoms. The summed E-state index contributed by atoms with van der Waals surface area (Å²) in [6.07, 6.45) is -1.75. The van der Waals surface area contributed by atoms with Crippen LogP contribution in [-0.4, -0.2) is 84.4 Å². The molecule has 39 heavy (non-hydrogen) atoms. The van der Waals surface area contributed by atoms with Crippen molar-refractivity contribution < 1.29 is 31.9 Å². The Hall–Kier alpha value is -3.70. The molecule has 12 heteroatoms. The molecule has 8 nitrogen and oxygen atoms in total. The van der Waals surface area contributed by atoms with Crippen LogP contribution in [0.15, 0.2) is 42.5 Å². The predicted octanol–water partition coefficient (Wildman–Crippen LogP) is 3.44. The summed E-state index contributed by atoms with van der Waals surface area (Å²) in [6, 6.07) is 9.02. The highest BCUT2D eigenvalue weighted by Crippen LogP contribution is 2.26. The zero-order chi connectivity index (χ0) is 28.5. The molecule has 2 heterocycles. The Morgan fingerprint density at radius 3 is 2.33 bits per heavy atom. The van der Waals surface area contributed by atoms with Crippen LogP contribution in [0.4, 0.5) is 22.4 Å². The van der Waals surface area contributed by atoms with E-state index in [1.54, 1.807) is 42.5 Å². The van der Waals surface area contributed by atoms with Gasteiger partial charge in [-0.25, -0.2) is 22.9 Å². The number of aromatic nitrogens is 1. The average molecular weight is 552 g/mol. The van der Waals surface area contributed by atoms with Crippen molar-refractivity contribution in [1.29, 1.82) is 0 Å². The molecule has 0 radical (unpaired) electrons. The summed E-state index contributed by atoms with van der Waals surface area (Å²) < 4.78 is 54.4. The van der Waals surface area contributed by atoms with E-state index in [2.05, 4.69) is 15.6 Å². The van der Waals surface area contributed by atoms with Crippen molar-refractivity contribution in [2.24, 2.45) is 0 Å². The van der Waals surface area contributed by atoms with E-state index in [1.165, 1.54) is 0 Å². The van der Waals surface area contributed by atoms with E-state index in [4.69, 9.17) is 0 Å². The summed E-state index contributed by atoms with van der Waals surface area (Å²) >= 11 is 0. The highest BCUT2D eigenvalue weighted by atomic mass is 19.1. The number of hydrogen-bond donors (Lipinski definition) is 2. The molecule has 0 spiro atoms. The summed E-state index contributed by atoms with van der Waals surface area (Å²) in [7, 11) is 0. The van der Waals surface area contributed by atoms with E-state index in [1.807, 2.05) is 13.8 Å². The van der Waals surface area contributed by atoms with Gasteiger partial charge in [0, 0.05) is 12.0 Å². The number of carbonyl (C=O) groups is 3. The predicted molar refractivity (Wildman–Crippen MR) is 137 cm³/mol. The minimum atomic E-state index is -1.48. The van der Waals surface area contributed by atoms with Crippen molar-refractivity contribution in [1.82, 2.24) is 25.4 Å². The average Bonchev–Trinajstić information content (AvgIpc) is 3.32. The van der Waals surface area contributed by atoms with Crippen molar-refractivity contribution >= 4 is 17.8 Å². The summed E-state index contributed by atoms with van der Waals surface area (Å²) in [5.41, 5.74) is 1.26. The van der Waals surface area contributed by atoms with Crippen LogP contribution in [0.5, 0.6) is 0 Å². The van der Waals surface area contributed by atoms with Gasteiger partial charge in [-0.2, -0.15) is 4.39 Å². The maximum absolute atomic E-state index is 14.7. The lowest BCUT2D eigenvalue weighted by molar-refractivity contribution is -0.137. The van der Waals surface area contributed by atoms with Gasteiger partial charge in [0.2, 0.25) is 17.8 Å². The Morgan fingerprint density at radius 2 is 1.74 bits per heavy atom. The number of pyridine rings is 1. The van der Waals surface area contributed by atoms with E-state index in [9.17, 15) is 31.9 Å². The minimum absolute atomic E-state index is 0.0996. The fraction of sp³-hybridized carbons (Fsp3) is 0.481. The fourth-order valence-corrected chi connectivity index (χ4v) is 4.45. The first kappa shape index (κ1) is 29.9. The van der Waals surface area contributed by atoms with Crippen molar-refractivity contribution in [2.75, 3.05) is 39.5 Å². The van der Waals surface area contributed by atoms with E-state index >= 15 is 0 Å². The van der Waals surface area contributed by atoms with E-state index in [-0.39, 0.29) is 37.7 Å². The molecule has 3 atom stereocenters. The van der Waals surface area contributed by atoms with Crippen molar-refractivity contribution in [3.05, 3.63) is 65.2 Å². The lowest BCUT2D eigenvalue weighted by Gasteiger charge is -2.27. The molecule has 1 aliphatic heterocycles. The number of urea groups is 1. The van der Waals surface area contributed by atoms with Crippen molar-refractivity contribution in [3.63, 3.8) is 0 Å². The van der Waals surface area contributed by atoms with Gasteiger partial charge in [-0.15, -0.1) is 0 Å². The minimum Gasteiger partial charge on any atom is -0.342 e. The topological polar surface area (TPSA) is 94.6 Å². The molecule has 1 aliphatic rings. The SMILES string of the molecule is CC(C)c1ccc([C@@H](NC(=O)[C@@H]2C[C@@H](F)CN2C(=O)CNC(=O)N(CCF)CCF)c2ccccc2)nc1F. The van der Waals surface area contributed by atoms with Crippen LogP contribution >= 0.6 is 0 Å². The van der Waals surface area contributed by atoms with E-state index in [0.717, 1.165) is 9.80 Å². The lowest BCUT2D eigenvalue weighted by atomic mass is 9.99. The highest BCUT2D eigenvalue weighted by molar-refractivity contribution is 5.91. The number of amides is 4. The van der Waals surface area contributed by atoms with Crippen LogP contribution in [0.3, 0.4) is 0 Å². The van der Waals surface area contributed by atoms with Gasteiger partial charge in [-0.1, -0.05) is 50.2 Å². The summed E-state index contributed by atoms with van der Waals surface area (Å²) in [5.74, 6) is -2.16. The van der Waals surface area contributed by atoms with Crippen LogP contribution in [0.1, 0.15) is 49.0 Å². The van der Waals surface area contributed by atoms with Gasteiger partial charge < -0.3 is 20.4 Å². The first-order valence-corrected chi connectivity index (χ1v) is 12.8. The second kappa shape index (κ2) is 13.9. The van der Waals surface area contributed by atoms with Gasteiger partial charge in [-0.3, -0.25) is 9.59 Å². The number of nitrogens with one attached hydrogen (secondary N) is 2. The Morgan fingerprint density at radius 1 is 1.08 bits per heavy atom. The number of nitrogens with zero attached hydrogens (tertiary/aromatic N) is 3. The largest absolute Gasteiger partial charge is 0.342 e. The van der Waals surface area contributed by atoms with Gasteiger partial charge in [0.25, 0.3) is 0 Å². The smallest absolute Gasteiger partial charge is 0.318 e. The normalized spacial score (nSPS) is 17.7. The third-order valence-electron chi connectivity index (χ3n) is 6.50. The monoisotopic (exact) mass is 551 g/mol. The van der Waals surface area contributed by atoms with E-state index < -0.39 is 61.9 Å². The number of alkyl halides is 3. The molecule has 212 valence electrons. The van der Waals surface area contributed by atoms with Crippen molar-refractivity contribution in [2.45, 2.75) is 44.4 Å². The maximum atomic E-state index is 14.7. The molecule has 0 unspecified atom stereocenters. The third-order valence-corrected chi connectivity index (χ3v) is 6.50. The molecule has 2 aromatic rings. The number of hydrogen-bond acceptors (Lipinski definition) is 4. The van der Waals surface area contributed by atoms with Crippen LogP contribution in [0.25, 0.3) is 0 Å². The van der Waals surface area contributed by atoms with Gasteiger partial charge in [0.1, 0.15) is 25.6 Å². The van der Waals surface area contributed by atoms with Crippen LogP contribution in [-0.2, 0) is 9.59 Å². The maximum Gasteiger partial charge on any atom is 0.318 e. The number of likely N-dealkylation sites (tertiary alicyclic amines) is 1. The number of carbonyl (C=O) groups excluding carboxylic acids is 3. The molecular formula is C27H33F4N5O3. The lowest BCUT2D eigenvalue weighted by Crippen LogP contribution is -2.51. The fourth-order valence-electron chi connectivity index (χ4n) is 4.45. The Kier molecular flexibility index (Phi) is 10.6. The quantitative estimate of drug-likeness (QED) is 0.331. The standard InChI is InChI=1S/C27H33F4N5O3/c1-17(2)20-8-9-21(33-25(20)31)24(18-6-4-3-5-7-18)34-26(38)22-14-19(30)16-36(22)23(37)15-32-27(39)35(12-10-28)13-11-29/h3-9,17,19,22,24H,10-16H2,1-2H3,(H,32,39)(H,34,38)/t19-,22+,24+/m1/s1. The number of benzene rings is 1.